The lowest BCUT2D eigenvalue weighted by Gasteiger charge is -2.15. The van der Waals surface area contributed by atoms with E-state index < -0.39 is 0 Å². The van der Waals surface area contributed by atoms with E-state index >= 15 is 0 Å². The Hall–Kier alpha value is -1.62. The lowest BCUT2D eigenvalue weighted by molar-refractivity contribution is -0.128. The van der Waals surface area contributed by atoms with Gasteiger partial charge in [0.05, 0.1) is 10.9 Å². The molecule has 5 nitrogen and oxygen atoms in total. The van der Waals surface area contributed by atoms with E-state index in [9.17, 15) is 9.59 Å². The largest absolute Gasteiger partial charge is 0.342 e. The van der Waals surface area contributed by atoms with Gasteiger partial charge in [0.1, 0.15) is 5.82 Å². The first-order chi connectivity index (χ1) is 9.10. The summed E-state index contributed by atoms with van der Waals surface area (Å²) in [7, 11) is 0. The van der Waals surface area contributed by atoms with Gasteiger partial charge in [0.2, 0.25) is 11.8 Å². The van der Waals surface area contributed by atoms with Gasteiger partial charge in [-0.1, -0.05) is 18.5 Å². The molecule has 0 unspecified atom stereocenters. The third-order valence-corrected chi connectivity index (χ3v) is 3.28. The monoisotopic (exact) mass is 281 g/mol. The summed E-state index contributed by atoms with van der Waals surface area (Å²) in [6, 6.07) is 3.30. The minimum atomic E-state index is -0.295. The zero-order valence-electron chi connectivity index (χ0n) is 10.7. The maximum absolute atomic E-state index is 12.0. The van der Waals surface area contributed by atoms with Gasteiger partial charge in [-0.3, -0.25) is 9.59 Å². The van der Waals surface area contributed by atoms with E-state index in [4.69, 9.17) is 11.6 Å². The Balaban J connectivity index is 1.94. The molecule has 0 radical (unpaired) electrons. The van der Waals surface area contributed by atoms with E-state index in [-0.39, 0.29) is 24.2 Å². The summed E-state index contributed by atoms with van der Waals surface area (Å²) >= 11 is 5.72. The topological polar surface area (TPSA) is 62.3 Å². The van der Waals surface area contributed by atoms with Crippen molar-refractivity contribution >= 4 is 29.2 Å². The van der Waals surface area contributed by atoms with Crippen molar-refractivity contribution in [2.24, 2.45) is 5.92 Å². The maximum atomic E-state index is 12.0. The fourth-order valence-electron chi connectivity index (χ4n) is 2.11. The molecule has 2 amide bonds. The lowest BCUT2D eigenvalue weighted by atomic mass is 10.1. The zero-order chi connectivity index (χ0) is 13.8. The van der Waals surface area contributed by atoms with Crippen LogP contribution in [0.25, 0.3) is 0 Å². The summed E-state index contributed by atoms with van der Waals surface area (Å²) < 4.78 is 0. The van der Waals surface area contributed by atoms with Crippen molar-refractivity contribution in [3.63, 3.8) is 0 Å². The van der Waals surface area contributed by atoms with Gasteiger partial charge in [0, 0.05) is 25.7 Å². The van der Waals surface area contributed by atoms with Crippen molar-refractivity contribution in [3.05, 3.63) is 23.4 Å². The van der Waals surface area contributed by atoms with Gasteiger partial charge in [-0.25, -0.2) is 4.98 Å². The van der Waals surface area contributed by atoms with Crippen molar-refractivity contribution in [1.29, 1.82) is 0 Å². The first kappa shape index (κ1) is 13.8. The SMILES string of the molecule is CCCN1C[C@H](C(=O)Nc2ccc(Cl)cn2)CC1=O. The molecule has 0 aliphatic carbocycles. The summed E-state index contributed by atoms with van der Waals surface area (Å²) in [4.78, 5) is 29.5. The highest BCUT2D eigenvalue weighted by Gasteiger charge is 2.33. The van der Waals surface area contributed by atoms with Crippen LogP contribution in [0, 0.1) is 5.92 Å². The van der Waals surface area contributed by atoms with Crippen LogP contribution in [0.3, 0.4) is 0 Å². The fraction of sp³-hybridized carbons (Fsp3) is 0.462. The first-order valence-corrected chi connectivity index (χ1v) is 6.68. The third kappa shape index (κ3) is 3.44. The lowest BCUT2D eigenvalue weighted by Crippen LogP contribution is -2.29. The van der Waals surface area contributed by atoms with E-state index in [1.54, 1.807) is 17.0 Å². The van der Waals surface area contributed by atoms with Crippen LogP contribution in [0.4, 0.5) is 5.82 Å². The molecule has 0 aromatic carbocycles. The first-order valence-electron chi connectivity index (χ1n) is 6.30. The molecular formula is C13H16ClN3O2. The van der Waals surface area contributed by atoms with Gasteiger partial charge < -0.3 is 10.2 Å². The number of anilines is 1. The minimum Gasteiger partial charge on any atom is -0.342 e. The van der Waals surface area contributed by atoms with Gasteiger partial charge in [0.25, 0.3) is 0 Å². The van der Waals surface area contributed by atoms with E-state index in [2.05, 4.69) is 10.3 Å². The van der Waals surface area contributed by atoms with Crippen LogP contribution in [-0.2, 0) is 9.59 Å². The summed E-state index contributed by atoms with van der Waals surface area (Å²) in [5.74, 6) is 0.0418. The fourth-order valence-corrected chi connectivity index (χ4v) is 2.22. The number of hydrogen-bond donors (Lipinski definition) is 1. The van der Waals surface area contributed by atoms with E-state index in [1.165, 1.54) is 6.20 Å². The van der Waals surface area contributed by atoms with Gasteiger partial charge in [-0.05, 0) is 18.6 Å². The van der Waals surface area contributed by atoms with Gasteiger partial charge in [-0.15, -0.1) is 0 Å². The average Bonchev–Trinajstić information content (AvgIpc) is 2.75. The average molecular weight is 282 g/mol. The van der Waals surface area contributed by atoms with Crippen LogP contribution >= 0.6 is 11.6 Å². The molecule has 1 fully saturated rings. The second-order valence-corrected chi connectivity index (χ2v) is 5.03. The molecule has 1 atom stereocenters. The van der Waals surface area contributed by atoms with Crippen LogP contribution in [0.15, 0.2) is 18.3 Å². The highest BCUT2D eigenvalue weighted by molar-refractivity contribution is 6.30. The van der Waals surface area contributed by atoms with Crippen LogP contribution in [0.2, 0.25) is 5.02 Å². The Labute approximate surface area is 117 Å². The Kier molecular flexibility index (Phi) is 4.37. The Bertz CT molecular complexity index is 475. The summed E-state index contributed by atoms with van der Waals surface area (Å²) in [5.41, 5.74) is 0. The standard InChI is InChI=1S/C13H16ClN3O2/c1-2-5-17-8-9(6-12(17)18)13(19)16-11-4-3-10(14)7-15-11/h3-4,7,9H,2,5-6,8H2,1H3,(H,15,16,19)/t9-/m1/s1. The van der Waals surface area contributed by atoms with Crippen LogP contribution < -0.4 is 5.32 Å². The molecule has 0 saturated carbocycles. The molecule has 1 aromatic rings. The van der Waals surface area contributed by atoms with Crippen molar-refractivity contribution in [2.45, 2.75) is 19.8 Å². The summed E-state index contributed by atoms with van der Waals surface area (Å²) in [6.07, 6.45) is 2.65. The van der Waals surface area contributed by atoms with Crippen molar-refractivity contribution in [2.75, 3.05) is 18.4 Å². The molecule has 19 heavy (non-hydrogen) atoms. The van der Waals surface area contributed by atoms with Crippen LogP contribution in [0.5, 0.6) is 0 Å². The van der Waals surface area contributed by atoms with Gasteiger partial charge >= 0.3 is 0 Å². The predicted molar refractivity (Wildman–Crippen MR) is 72.9 cm³/mol. The number of carbonyl (C=O) groups excluding carboxylic acids is 2. The predicted octanol–water partition coefficient (Wildman–Crippen LogP) is 1.93. The number of likely N-dealkylation sites (tertiary alicyclic amines) is 1. The highest BCUT2D eigenvalue weighted by Crippen LogP contribution is 2.20. The normalized spacial score (nSPS) is 18.7. The molecule has 2 rings (SSSR count). The van der Waals surface area contributed by atoms with Crippen molar-refractivity contribution in [1.82, 2.24) is 9.88 Å². The van der Waals surface area contributed by atoms with Crippen molar-refractivity contribution in [3.8, 4) is 0 Å². The molecule has 2 heterocycles. The smallest absolute Gasteiger partial charge is 0.230 e. The molecule has 0 spiro atoms. The Morgan fingerprint density at radius 3 is 3.00 bits per heavy atom. The maximum Gasteiger partial charge on any atom is 0.230 e. The summed E-state index contributed by atoms with van der Waals surface area (Å²) in [5, 5.41) is 3.22. The number of halogens is 1. The van der Waals surface area contributed by atoms with E-state index in [0.717, 1.165) is 6.42 Å². The van der Waals surface area contributed by atoms with E-state index in [0.29, 0.717) is 23.9 Å². The second-order valence-electron chi connectivity index (χ2n) is 4.59. The van der Waals surface area contributed by atoms with Crippen LogP contribution in [-0.4, -0.2) is 34.8 Å². The van der Waals surface area contributed by atoms with Gasteiger partial charge in [-0.2, -0.15) is 0 Å². The molecule has 1 saturated heterocycles. The Morgan fingerprint density at radius 1 is 1.58 bits per heavy atom. The number of pyridine rings is 1. The van der Waals surface area contributed by atoms with Gasteiger partial charge in [0.15, 0.2) is 0 Å². The number of hydrogen-bond acceptors (Lipinski definition) is 3. The molecule has 102 valence electrons. The molecule has 1 aliphatic rings. The number of nitrogens with one attached hydrogen (secondary N) is 1. The molecular weight excluding hydrogens is 266 g/mol. The molecule has 1 N–H and O–H groups in total. The zero-order valence-corrected chi connectivity index (χ0v) is 11.5. The Morgan fingerprint density at radius 2 is 2.37 bits per heavy atom. The molecule has 0 bridgehead atoms. The number of rotatable bonds is 4. The minimum absolute atomic E-state index is 0.0473. The van der Waals surface area contributed by atoms with Crippen LogP contribution in [0.1, 0.15) is 19.8 Å². The number of nitrogens with zero attached hydrogens (tertiary/aromatic N) is 2. The number of carbonyl (C=O) groups is 2. The number of amides is 2. The molecule has 6 heteroatoms. The third-order valence-electron chi connectivity index (χ3n) is 3.06. The second kappa shape index (κ2) is 6.02. The molecule has 1 aromatic heterocycles. The molecule has 1 aliphatic heterocycles. The van der Waals surface area contributed by atoms with E-state index in [1.807, 2.05) is 6.92 Å². The van der Waals surface area contributed by atoms with Crippen molar-refractivity contribution < 1.29 is 9.59 Å². The summed E-state index contributed by atoms with van der Waals surface area (Å²) in [6.45, 7) is 3.21. The number of aromatic nitrogens is 1. The highest BCUT2D eigenvalue weighted by atomic mass is 35.5. The quantitative estimate of drug-likeness (QED) is 0.917.